The molecule has 0 aliphatic rings. The number of aromatic nitrogens is 3. The molecular formula is C19H19ClN6O3S. The zero-order valence-electron chi connectivity index (χ0n) is 16.2. The number of non-ortho nitro benzene ring substituents is 1. The quantitative estimate of drug-likeness (QED) is 0.304. The molecule has 0 fully saturated rings. The van der Waals surface area contributed by atoms with Crippen molar-refractivity contribution in [1.29, 1.82) is 0 Å². The van der Waals surface area contributed by atoms with E-state index in [4.69, 9.17) is 11.6 Å². The minimum absolute atomic E-state index is 0.0339. The summed E-state index contributed by atoms with van der Waals surface area (Å²) in [4.78, 5) is 22.7. The summed E-state index contributed by atoms with van der Waals surface area (Å²) in [7, 11) is 1.83. The molecule has 156 valence electrons. The van der Waals surface area contributed by atoms with E-state index in [1.165, 1.54) is 36.0 Å². The molecule has 1 amide bonds. The third kappa shape index (κ3) is 5.49. The Morgan fingerprint density at radius 3 is 2.63 bits per heavy atom. The van der Waals surface area contributed by atoms with Gasteiger partial charge in [-0.3, -0.25) is 14.9 Å². The largest absolute Gasteiger partial charge is 0.378 e. The van der Waals surface area contributed by atoms with Crippen LogP contribution in [0.1, 0.15) is 12.7 Å². The van der Waals surface area contributed by atoms with Gasteiger partial charge in [0.1, 0.15) is 0 Å². The lowest BCUT2D eigenvalue weighted by atomic mass is 10.3. The second kappa shape index (κ2) is 9.59. The summed E-state index contributed by atoms with van der Waals surface area (Å²) < 4.78 is 1.82. The van der Waals surface area contributed by atoms with E-state index < -0.39 is 10.2 Å². The van der Waals surface area contributed by atoms with Crippen molar-refractivity contribution >= 4 is 46.3 Å². The van der Waals surface area contributed by atoms with Gasteiger partial charge < -0.3 is 15.2 Å². The molecule has 0 spiro atoms. The first-order valence-electron chi connectivity index (χ1n) is 8.93. The number of benzene rings is 2. The number of nitro groups is 1. The average molecular weight is 447 g/mol. The Bertz CT molecular complexity index is 1060. The first-order valence-corrected chi connectivity index (χ1v) is 10.2. The number of rotatable bonds is 8. The van der Waals surface area contributed by atoms with Gasteiger partial charge in [0.05, 0.1) is 16.7 Å². The second-order valence-corrected chi connectivity index (χ2v) is 8.12. The smallest absolute Gasteiger partial charge is 0.269 e. The van der Waals surface area contributed by atoms with Crippen LogP contribution >= 0.6 is 23.4 Å². The number of nitrogens with one attached hydrogen (secondary N) is 2. The molecule has 2 aromatic carbocycles. The number of carbonyl (C=O) groups is 1. The lowest BCUT2D eigenvalue weighted by molar-refractivity contribution is -0.384. The first kappa shape index (κ1) is 21.6. The molecule has 0 saturated carbocycles. The van der Waals surface area contributed by atoms with Crippen molar-refractivity contribution in [3.8, 4) is 0 Å². The number of thioether (sulfide) groups is 1. The minimum Gasteiger partial charge on any atom is -0.378 e. The van der Waals surface area contributed by atoms with E-state index in [1.807, 2.05) is 29.8 Å². The van der Waals surface area contributed by atoms with Gasteiger partial charge in [-0.05, 0) is 37.3 Å². The van der Waals surface area contributed by atoms with E-state index in [1.54, 1.807) is 13.0 Å². The van der Waals surface area contributed by atoms with Gasteiger partial charge in [0.15, 0.2) is 11.0 Å². The average Bonchev–Trinajstić information content (AvgIpc) is 3.06. The first-order chi connectivity index (χ1) is 14.3. The van der Waals surface area contributed by atoms with E-state index >= 15 is 0 Å². The summed E-state index contributed by atoms with van der Waals surface area (Å²) >= 11 is 7.25. The van der Waals surface area contributed by atoms with Crippen LogP contribution in [0, 0.1) is 10.1 Å². The number of anilines is 2. The number of halogens is 1. The molecule has 0 aliphatic heterocycles. The zero-order chi connectivity index (χ0) is 21.7. The van der Waals surface area contributed by atoms with Gasteiger partial charge in [-0.25, -0.2) is 0 Å². The molecule has 9 nitrogen and oxygen atoms in total. The molecule has 1 unspecified atom stereocenters. The van der Waals surface area contributed by atoms with E-state index in [9.17, 15) is 14.9 Å². The van der Waals surface area contributed by atoms with Crippen molar-refractivity contribution in [1.82, 2.24) is 14.8 Å². The fraction of sp³-hybridized carbons (Fsp3) is 0.211. The highest BCUT2D eigenvalue weighted by molar-refractivity contribution is 8.00. The summed E-state index contributed by atoms with van der Waals surface area (Å²) in [5.41, 5.74) is 1.33. The molecule has 1 heterocycles. The Kier molecular flexibility index (Phi) is 6.91. The van der Waals surface area contributed by atoms with Crippen LogP contribution in [0.15, 0.2) is 53.7 Å². The van der Waals surface area contributed by atoms with Crippen LogP contribution in [-0.4, -0.2) is 30.8 Å². The van der Waals surface area contributed by atoms with E-state index in [-0.39, 0.29) is 11.6 Å². The number of nitro benzene ring substituents is 1. The summed E-state index contributed by atoms with van der Waals surface area (Å²) in [5.74, 6) is 0.468. The van der Waals surface area contributed by atoms with Gasteiger partial charge in [-0.2, -0.15) is 0 Å². The molecule has 3 rings (SSSR count). The Balaban J connectivity index is 1.57. The predicted molar refractivity (Wildman–Crippen MR) is 117 cm³/mol. The Morgan fingerprint density at radius 2 is 1.97 bits per heavy atom. The maximum Gasteiger partial charge on any atom is 0.269 e. The van der Waals surface area contributed by atoms with Gasteiger partial charge in [0, 0.05) is 35.6 Å². The van der Waals surface area contributed by atoms with Crippen molar-refractivity contribution < 1.29 is 9.72 Å². The van der Waals surface area contributed by atoms with Crippen molar-refractivity contribution in [3.63, 3.8) is 0 Å². The van der Waals surface area contributed by atoms with E-state index in [0.717, 1.165) is 5.69 Å². The predicted octanol–water partition coefficient (Wildman–Crippen LogP) is 4.11. The number of hydrogen-bond donors (Lipinski definition) is 2. The molecule has 30 heavy (non-hydrogen) atoms. The van der Waals surface area contributed by atoms with Crippen molar-refractivity contribution in [2.75, 3.05) is 10.6 Å². The van der Waals surface area contributed by atoms with Crippen LogP contribution in [0.2, 0.25) is 5.02 Å². The molecule has 11 heteroatoms. The molecule has 1 aromatic heterocycles. The number of nitrogens with zero attached hydrogens (tertiary/aromatic N) is 4. The lowest BCUT2D eigenvalue weighted by Gasteiger charge is -2.12. The maximum absolute atomic E-state index is 12.4. The van der Waals surface area contributed by atoms with Crippen molar-refractivity contribution in [2.45, 2.75) is 23.9 Å². The fourth-order valence-electron chi connectivity index (χ4n) is 2.50. The highest BCUT2D eigenvalue weighted by atomic mass is 35.5. The fourth-order valence-corrected chi connectivity index (χ4v) is 3.53. The monoisotopic (exact) mass is 446 g/mol. The summed E-state index contributed by atoms with van der Waals surface area (Å²) in [6.07, 6.45) is 0. The van der Waals surface area contributed by atoms with Crippen LogP contribution < -0.4 is 10.6 Å². The van der Waals surface area contributed by atoms with Gasteiger partial charge in [0.25, 0.3) is 5.69 Å². The van der Waals surface area contributed by atoms with Crippen molar-refractivity contribution in [2.24, 2.45) is 7.05 Å². The summed E-state index contributed by atoms with van der Waals surface area (Å²) in [6, 6.07) is 13.1. The topological polar surface area (TPSA) is 115 Å². The summed E-state index contributed by atoms with van der Waals surface area (Å²) in [5, 5.41) is 25.8. The molecule has 1 atom stereocenters. The highest BCUT2D eigenvalue weighted by Crippen LogP contribution is 2.24. The summed E-state index contributed by atoms with van der Waals surface area (Å²) in [6.45, 7) is 2.21. The van der Waals surface area contributed by atoms with E-state index in [0.29, 0.717) is 28.2 Å². The Morgan fingerprint density at radius 1 is 1.23 bits per heavy atom. The molecule has 0 aliphatic carbocycles. The molecule has 0 radical (unpaired) electrons. The van der Waals surface area contributed by atoms with Gasteiger partial charge in [-0.15, -0.1) is 10.2 Å². The molecular weight excluding hydrogens is 428 g/mol. The number of hydrogen-bond acceptors (Lipinski definition) is 7. The van der Waals surface area contributed by atoms with Crippen LogP contribution in [0.4, 0.5) is 17.1 Å². The van der Waals surface area contributed by atoms with Crippen LogP contribution in [0.5, 0.6) is 0 Å². The molecule has 0 bridgehead atoms. The zero-order valence-corrected chi connectivity index (χ0v) is 17.8. The van der Waals surface area contributed by atoms with Crippen LogP contribution in [-0.2, 0) is 18.4 Å². The van der Waals surface area contributed by atoms with Crippen LogP contribution in [0.3, 0.4) is 0 Å². The second-order valence-electron chi connectivity index (χ2n) is 6.38. The minimum atomic E-state index is -0.489. The lowest BCUT2D eigenvalue weighted by Crippen LogP contribution is -2.22. The van der Waals surface area contributed by atoms with Gasteiger partial charge in [-0.1, -0.05) is 29.4 Å². The van der Waals surface area contributed by atoms with Gasteiger partial charge >= 0.3 is 0 Å². The van der Waals surface area contributed by atoms with Crippen molar-refractivity contribution in [3.05, 3.63) is 69.5 Å². The molecule has 3 aromatic rings. The van der Waals surface area contributed by atoms with Gasteiger partial charge in [0.2, 0.25) is 5.91 Å². The maximum atomic E-state index is 12.4. The van der Waals surface area contributed by atoms with Crippen LogP contribution in [0.25, 0.3) is 0 Å². The standard InChI is InChI=1S/C19H19ClN6O3S/c1-12(18(27)22-14-6-8-16(9-7-14)26(28)29)30-19-24-23-17(25(19)2)11-21-15-5-3-4-13(20)10-15/h3-10,12,21H,11H2,1-2H3,(H,22,27). The third-order valence-corrected chi connectivity index (χ3v) is 5.57. The van der Waals surface area contributed by atoms with E-state index in [2.05, 4.69) is 20.8 Å². The highest BCUT2D eigenvalue weighted by Gasteiger charge is 2.19. The molecule has 2 N–H and O–H groups in total. The Labute approximate surface area is 182 Å². The normalized spacial score (nSPS) is 11.7. The Hall–Kier alpha value is -3.11. The SMILES string of the molecule is CC(Sc1nnc(CNc2cccc(Cl)c2)n1C)C(=O)Nc1ccc([N+](=O)[O-])cc1. The molecule has 0 saturated heterocycles. The number of carbonyl (C=O) groups excluding carboxylic acids is 1. The third-order valence-electron chi connectivity index (χ3n) is 4.20. The number of amides is 1.